The third-order valence-corrected chi connectivity index (χ3v) is 2.78. The predicted octanol–water partition coefficient (Wildman–Crippen LogP) is 2.07. The first kappa shape index (κ1) is 10.5. The summed E-state index contributed by atoms with van der Waals surface area (Å²) in [6.45, 7) is 0. The van der Waals surface area contributed by atoms with Crippen molar-refractivity contribution in [2.45, 2.75) is 0 Å². The number of hydrogen-bond donors (Lipinski definition) is 1. The monoisotopic (exact) mass is 238 g/mol. The van der Waals surface area contributed by atoms with Crippen molar-refractivity contribution in [3.8, 4) is 17.0 Å². The van der Waals surface area contributed by atoms with E-state index >= 15 is 0 Å². The van der Waals surface area contributed by atoms with Crippen LogP contribution < -0.4 is 5.56 Å². The zero-order chi connectivity index (χ0) is 12.5. The summed E-state index contributed by atoms with van der Waals surface area (Å²) in [6.07, 6.45) is 1.64. The molecule has 0 saturated carbocycles. The molecule has 88 valence electrons. The molecule has 0 spiro atoms. The number of nitrogens with zero attached hydrogens (tertiary/aromatic N) is 2. The molecule has 0 fully saturated rings. The second-order valence-corrected chi connectivity index (χ2v) is 3.91. The highest BCUT2D eigenvalue weighted by molar-refractivity contribution is 5.68. The van der Waals surface area contributed by atoms with Gasteiger partial charge in [-0.3, -0.25) is 9.20 Å². The van der Waals surface area contributed by atoms with Crippen LogP contribution in [0.25, 0.3) is 16.8 Å². The van der Waals surface area contributed by atoms with Gasteiger partial charge in [0, 0.05) is 6.20 Å². The summed E-state index contributed by atoms with van der Waals surface area (Å²) in [4.78, 5) is 16.3. The molecular formula is C14H10N2O2. The smallest absolute Gasteiger partial charge is 0.269 e. The van der Waals surface area contributed by atoms with Gasteiger partial charge < -0.3 is 5.11 Å². The van der Waals surface area contributed by atoms with E-state index in [1.807, 2.05) is 18.2 Å². The first-order chi connectivity index (χ1) is 8.77. The Morgan fingerprint density at radius 1 is 1.00 bits per heavy atom. The van der Waals surface area contributed by atoms with Crippen molar-refractivity contribution in [1.82, 2.24) is 9.38 Å². The predicted molar refractivity (Wildman–Crippen MR) is 68.6 cm³/mol. The SMILES string of the molecule is O=c1c(-c2ccccc2)c(O)nc2ccccn12. The maximum Gasteiger partial charge on any atom is 0.269 e. The lowest BCUT2D eigenvalue weighted by molar-refractivity contribution is 0.455. The third kappa shape index (κ3) is 1.55. The van der Waals surface area contributed by atoms with Crippen LogP contribution >= 0.6 is 0 Å². The van der Waals surface area contributed by atoms with Crippen LogP contribution in [-0.2, 0) is 0 Å². The van der Waals surface area contributed by atoms with Crippen LogP contribution in [0, 0.1) is 0 Å². The Labute approximate surface area is 103 Å². The van der Waals surface area contributed by atoms with Gasteiger partial charge in [0.25, 0.3) is 5.56 Å². The van der Waals surface area contributed by atoms with Gasteiger partial charge in [-0.05, 0) is 17.7 Å². The van der Waals surface area contributed by atoms with Gasteiger partial charge in [-0.15, -0.1) is 0 Å². The zero-order valence-corrected chi connectivity index (χ0v) is 9.45. The van der Waals surface area contributed by atoms with Crippen LogP contribution in [0.4, 0.5) is 0 Å². The van der Waals surface area contributed by atoms with Crippen molar-refractivity contribution in [3.63, 3.8) is 0 Å². The normalized spacial score (nSPS) is 10.7. The number of pyridine rings is 1. The maximum atomic E-state index is 12.3. The molecule has 0 atom stereocenters. The number of aromatic hydroxyl groups is 1. The summed E-state index contributed by atoms with van der Waals surface area (Å²) in [7, 11) is 0. The van der Waals surface area contributed by atoms with Crippen LogP contribution in [0.1, 0.15) is 0 Å². The fourth-order valence-corrected chi connectivity index (χ4v) is 1.93. The Kier molecular flexibility index (Phi) is 2.34. The number of benzene rings is 1. The van der Waals surface area contributed by atoms with E-state index in [4.69, 9.17) is 0 Å². The summed E-state index contributed by atoms with van der Waals surface area (Å²) in [5.41, 5.74) is 1.04. The van der Waals surface area contributed by atoms with E-state index in [9.17, 15) is 9.90 Å². The number of rotatable bonds is 1. The van der Waals surface area contributed by atoms with Crippen LogP contribution in [-0.4, -0.2) is 14.5 Å². The van der Waals surface area contributed by atoms with Crippen LogP contribution in [0.5, 0.6) is 5.88 Å². The fourth-order valence-electron chi connectivity index (χ4n) is 1.93. The van der Waals surface area contributed by atoms with Gasteiger partial charge in [-0.1, -0.05) is 36.4 Å². The molecule has 2 aromatic heterocycles. The summed E-state index contributed by atoms with van der Waals surface area (Å²) >= 11 is 0. The highest BCUT2D eigenvalue weighted by Gasteiger charge is 2.13. The van der Waals surface area contributed by atoms with Crippen LogP contribution in [0.15, 0.2) is 59.5 Å². The third-order valence-electron chi connectivity index (χ3n) is 2.78. The highest BCUT2D eigenvalue weighted by Crippen LogP contribution is 2.23. The molecule has 0 saturated heterocycles. The molecule has 0 amide bonds. The van der Waals surface area contributed by atoms with E-state index in [2.05, 4.69) is 4.98 Å². The van der Waals surface area contributed by atoms with Gasteiger partial charge in [0.1, 0.15) is 11.2 Å². The molecule has 0 bridgehead atoms. The summed E-state index contributed by atoms with van der Waals surface area (Å²) in [5.74, 6) is -0.239. The van der Waals surface area contributed by atoms with Crippen molar-refractivity contribution < 1.29 is 5.11 Å². The molecule has 3 aromatic rings. The van der Waals surface area contributed by atoms with Crippen molar-refractivity contribution in [2.75, 3.05) is 0 Å². The van der Waals surface area contributed by atoms with Gasteiger partial charge >= 0.3 is 0 Å². The average molecular weight is 238 g/mol. The quantitative estimate of drug-likeness (QED) is 0.706. The summed E-state index contributed by atoms with van der Waals surface area (Å²) in [5, 5.41) is 9.92. The van der Waals surface area contributed by atoms with E-state index in [0.717, 1.165) is 0 Å². The molecule has 1 aromatic carbocycles. The number of aromatic nitrogens is 2. The molecule has 4 nitrogen and oxygen atoms in total. The molecule has 3 rings (SSSR count). The first-order valence-corrected chi connectivity index (χ1v) is 5.53. The number of fused-ring (bicyclic) bond motifs is 1. The second-order valence-electron chi connectivity index (χ2n) is 3.91. The Morgan fingerprint density at radius 3 is 2.50 bits per heavy atom. The van der Waals surface area contributed by atoms with Crippen LogP contribution in [0.2, 0.25) is 0 Å². The Hall–Kier alpha value is -2.62. The molecule has 0 aliphatic rings. The van der Waals surface area contributed by atoms with Crippen LogP contribution in [0.3, 0.4) is 0 Å². The van der Waals surface area contributed by atoms with Crippen molar-refractivity contribution in [3.05, 3.63) is 65.1 Å². The Bertz CT molecular complexity index is 764. The molecule has 2 heterocycles. The lowest BCUT2D eigenvalue weighted by Gasteiger charge is -2.06. The van der Waals surface area contributed by atoms with E-state index in [0.29, 0.717) is 11.2 Å². The van der Waals surface area contributed by atoms with Gasteiger partial charge in [0.05, 0.1) is 0 Å². The minimum Gasteiger partial charge on any atom is -0.493 e. The van der Waals surface area contributed by atoms with Crippen molar-refractivity contribution in [1.29, 1.82) is 0 Å². The van der Waals surface area contributed by atoms with Gasteiger partial charge in [-0.25, -0.2) is 0 Å². The second kappa shape index (κ2) is 4.00. The largest absolute Gasteiger partial charge is 0.493 e. The Balaban J connectivity index is 2.41. The molecule has 4 heteroatoms. The lowest BCUT2D eigenvalue weighted by atomic mass is 10.1. The molecule has 1 N–H and O–H groups in total. The molecule has 0 unspecified atom stereocenters. The highest BCUT2D eigenvalue weighted by atomic mass is 16.3. The minimum absolute atomic E-state index is 0.222. The topological polar surface area (TPSA) is 54.6 Å². The number of hydrogen-bond acceptors (Lipinski definition) is 3. The van der Waals surface area contributed by atoms with Gasteiger partial charge in [-0.2, -0.15) is 4.98 Å². The fraction of sp³-hybridized carbons (Fsp3) is 0. The summed E-state index contributed by atoms with van der Waals surface area (Å²) < 4.78 is 1.42. The zero-order valence-electron chi connectivity index (χ0n) is 9.45. The Morgan fingerprint density at radius 2 is 1.72 bits per heavy atom. The molecular weight excluding hydrogens is 228 g/mol. The van der Waals surface area contributed by atoms with E-state index in [1.165, 1.54) is 4.40 Å². The van der Waals surface area contributed by atoms with E-state index < -0.39 is 0 Å². The van der Waals surface area contributed by atoms with E-state index in [1.54, 1.807) is 36.5 Å². The van der Waals surface area contributed by atoms with E-state index in [-0.39, 0.29) is 17.0 Å². The van der Waals surface area contributed by atoms with Crippen molar-refractivity contribution in [2.24, 2.45) is 0 Å². The summed E-state index contributed by atoms with van der Waals surface area (Å²) in [6, 6.07) is 14.2. The van der Waals surface area contributed by atoms with Gasteiger partial charge in [0.2, 0.25) is 5.88 Å². The average Bonchev–Trinajstić information content (AvgIpc) is 2.40. The maximum absolute atomic E-state index is 12.3. The standard InChI is InChI=1S/C14H10N2O2/c17-13-12(10-6-2-1-3-7-10)14(18)16-9-5-4-8-11(16)15-13/h1-9,17H. The molecule has 0 aliphatic heterocycles. The van der Waals surface area contributed by atoms with Gasteiger partial charge in [0.15, 0.2) is 0 Å². The molecule has 0 radical (unpaired) electrons. The first-order valence-electron chi connectivity index (χ1n) is 5.53. The van der Waals surface area contributed by atoms with Crippen molar-refractivity contribution >= 4 is 5.65 Å². The molecule has 0 aliphatic carbocycles. The lowest BCUT2D eigenvalue weighted by Crippen LogP contribution is -2.16. The minimum atomic E-state index is -0.274. The molecule has 18 heavy (non-hydrogen) atoms.